The van der Waals surface area contributed by atoms with E-state index in [9.17, 15) is 0 Å². The Kier molecular flexibility index (Phi) is 4.90. The molecule has 0 aliphatic carbocycles. The summed E-state index contributed by atoms with van der Waals surface area (Å²) in [5.41, 5.74) is 1.000. The second kappa shape index (κ2) is 6.24. The van der Waals surface area contributed by atoms with Gasteiger partial charge in [-0.25, -0.2) is 0 Å². The summed E-state index contributed by atoms with van der Waals surface area (Å²) in [5.74, 6) is 0.815. The molecule has 0 aliphatic rings. The Morgan fingerprint density at radius 3 is 2.87 bits per heavy atom. The van der Waals surface area contributed by atoms with E-state index in [0.717, 1.165) is 24.5 Å². The molecule has 0 amide bonds. The maximum absolute atomic E-state index is 5.56. The monoisotopic (exact) mass is 209 g/mol. The van der Waals surface area contributed by atoms with E-state index in [1.54, 1.807) is 12.4 Å². The van der Waals surface area contributed by atoms with E-state index in [1.807, 2.05) is 20.2 Å². The topological polar surface area (TPSA) is 37.4 Å². The molecule has 84 valence electrons. The van der Waals surface area contributed by atoms with Gasteiger partial charge in [0.1, 0.15) is 12.4 Å². The molecule has 0 aromatic carbocycles. The number of nitrogens with zero attached hydrogens (tertiary/aromatic N) is 2. The van der Waals surface area contributed by atoms with Crippen LogP contribution in [0.3, 0.4) is 0 Å². The van der Waals surface area contributed by atoms with E-state index in [2.05, 4.69) is 22.1 Å². The van der Waals surface area contributed by atoms with Crippen molar-refractivity contribution in [3.8, 4) is 5.75 Å². The van der Waals surface area contributed by atoms with Crippen molar-refractivity contribution < 1.29 is 4.74 Å². The molecule has 0 saturated heterocycles. The van der Waals surface area contributed by atoms with Crippen LogP contribution in [-0.2, 0) is 0 Å². The smallest absolute Gasteiger partial charge is 0.139 e. The molecule has 0 aliphatic heterocycles. The van der Waals surface area contributed by atoms with Crippen LogP contribution in [0.2, 0.25) is 0 Å². The molecule has 1 heterocycles. The maximum atomic E-state index is 5.56. The van der Waals surface area contributed by atoms with Crippen LogP contribution < -0.4 is 10.1 Å². The highest BCUT2D eigenvalue weighted by molar-refractivity contribution is 5.44. The van der Waals surface area contributed by atoms with Crippen molar-refractivity contribution in [3.05, 3.63) is 18.5 Å². The summed E-state index contributed by atoms with van der Waals surface area (Å²) >= 11 is 0. The Labute approximate surface area is 91.3 Å². The van der Waals surface area contributed by atoms with Gasteiger partial charge in [-0.1, -0.05) is 0 Å². The summed E-state index contributed by atoms with van der Waals surface area (Å²) in [6.45, 7) is 4.54. The van der Waals surface area contributed by atoms with E-state index >= 15 is 0 Å². The predicted octanol–water partition coefficient (Wildman–Crippen LogP) is 1.45. The Balaban J connectivity index is 2.43. The molecule has 0 radical (unpaired) electrons. The summed E-state index contributed by atoms with van der Waals surface area (Å²) in [6.07, 6.45) is 3.53. The number of pyridine rings is 1. The number of rotatable bonds is 6. The predicted molar refractivity (Wildman–Crippen MR) is 62.4 cm³/mol. The number of ether oxygens (including phenoxy) is 1. The first-order valence-electron chi connectivity index (χ1n) is 5.19. The minimum atomic E-state index is 0.685. The van der Waals surface area contributed by atoms with Crippen molar-refractivity contribution in [1.82, 2.24) is 9.88 Å². The SMILES string of the molecule is CCNc1cncc(OCCN(C)C)c1. The third-order valence-corrected chi connectivity index (χ3v) is 1.90. The van der Waals surface area contributed by atoms with Gasteiger partial charge in [-0.2, -0.15) is 0 Å². The molecule has 0 unspecified atom stereocenters. The molecule has 0 spiro atoms. The summed E-state index contributed by atoms with van der Waals surface area (Å²) in [6, 6.07) is 1.96. The number of nitrogens with one attached hydrogen (secondary N) is 1. The number of anilines is 1. The quantitative estimate of drug-likeness (QED) is 0.769. The van der Waals surface area contributed by atoms with Crippen molar-refractivity contribution in [2.24, 2.45) is 0 Å². The lowest BCUT2D eigenvalue weighted by Gasteiger charge is -2.11. The zero-order valence-corrected chi connectivity index (χ0v) is 9.66. The van der Waals surface area contributed by atoms with Gasteiger partial charge < -0.3 is 15.0 Å². The first kappa shape index (κ1) is 11.8. The largest absolute Gasteiger partial charge is 0.491 e. The summed E-state index contributed by atoms with van der Waals surface area (Å²) in [5, 5.41) is 3.19. The molecule has 1 aromatic rings. The van der Waals surface area contributed by atoms with E-state index in [0.29, 0.717) is 6.61 Å². The molecule has 1 N–H and O–H groups in total. The fourth-order valence-electron chi connectivity index (χ4n) is 1.14. The highest BCUT2D eigenvalue weighted by Crippen LogP contribution is 2.14. The Morgan fingerprint density at radius 2 is 2.20 bits per heavy atom. The Morgan fingerprint density at radius 1 is 1.40 bits per heavy atom. The normalized spacial score (nSPS) is 10.4. The van der Waals surface area contributed by atoms with Gasteiger partial charge >= 0.3 is 0 Å². The Bertz CT molecular complexity index is 289. The minimum Gasteiger partial charge on any atom is -0.491 e. The average Bonchev–Trinajstić information content (AvgIpc) is 2.18. The van der Waals surface area contributed by atoms with Gasteiger partial charge in [0.2, 0.25) is 0 Å². The van der Waals surface area contributed by atoms with Crippen LogP contribution in [0.15, 0.2) is 18.5 Å². The summed E-state index contributed by atoms with van der Waals surface area (Å²) < 4.78 is 5.56. The zero-order valence-electron chi connectivity index (χ0n) is 9.66. The van der Waals surface area contributed by atoms with E-state index < -0.39 is 0 Å². The molecular formula is C11H19N3O. The molecular weight excluding hydrogens is 190 g/mol. The Hall–Kier alpha value is -1.29. The van der Waals surface area contributed by atoms with Crippen molar-refractivity contribution in [1.29, 1.82) is 0 Å². The molecule has 0 fully saturated rings. The molecule has 4 nitrogen and oxygen atoms in total. The van der Waals surface area contributed by atoms with Gasteiger partial charge in [0.05, 0.1) is 18.1 Å². The van der Waals surface area contributed by atoms with Crippen LogP contribution in [0.1, 0.15) is 6.92 Å². The fourth-order valence-corrected chi connectivity index (χ4v) is 1.14. The second-order valence-corrected chi connectivity index (χ2v) is 3.59. The van der Waals surface area contributed by atoms with Gasteiger partial charge in [-0.05, 0) is 21.0 Å². The lowest BCUT2D eigenvalue weighted by Crippen LogP contribution is -2.19. The average molecular weight is 209 g/mol. The van der Waals surface area contributed by atoms with Gasteiger partial charge in [0.25, 0.3) is 0 Å². The van der Waals surface area contributed by atoms with Crippen LogP contribution in [-0.4, -0.2) is 43.7 Å². The molecule has 0 bridgehead atoms. The molecule has 1 rings (SSSR count). The highest BCUT2D eigenvalue weighted by Gasteiger charge is 1.97. The first-order valence-corrected chi connectivity index (χ1v) is 5.19. The highest BCUT2D eigenvalue weighted by atomic mass is 16.5. The van der Waals surface area contributed by atoms with E-state index in [4.69, 9.17) is 4.74 Å². The first-order chi connectivity index (χ1) is 7.22. The van der Waals surface area contributed by atoms with Crippen molar-refractivity contribution >= 4 is 5.69 Å². The van der Waals surface area contributed by atoms with Crippen molar-refractivity contribution in [3.63, 3.8) is 0 Å². The van der Waals surface area contributed by atoms with Gasteiger partial charge in [-0.15, -0.1) is 0 Å². The third kappa shape index (κ3) is 4.65. The molecule has 0 saturated carbocycles. The number of hydrogen-bond acceptors (Lipinski definition) is 4. The van der Waals surface area contributed by atoms with E-state index in [1.165, 1.54) is 0 Å². The summed E-state index contributed by atoms with van der Waals surface area (Å²) in [7, 11) is 4.05. The lowest BCUT2D eigenvalue weighted by atomic mass is 10.4. The fraction of sp³-hybridized carbons (Fsp3) is 0.545. The van der Waals surface area contributed by atoms with Crippen LogP contribution in [0.5, 0.6) is 5.75 Å². The van der Waals surface area contributed by atoms with Crippen molar-refractivity contribution in [2.45, 2.75) is 6.92 Å². The van der Waals surface area contributed by atoms with Gasteiger partial charge in [0.15, 0.2) is 0 Å². The molecule has 1 aromatic heterocycles. The molecule has 0 atom stereocenters. The maximum Gasteiger partial charge on any atom is 0.139 e. The van der Waals surface area contributed by atoms with Crippen LogP contribution in [0.4, 0.5) is 5.69 Å². The number of hydrogen-bond donors (Lipinski definition) is 1. The minimum absolute atomic E-state index is 0.685. The molecule has 4 heteroatoms. The van der Waals surface area contributed by atoms with Gasteiger partial charge in [0, 0.05) is 19.2 Å². The second-order valence-electron chi connectivity index (χ2n) is 3.59. The summed E-state index contributed by atoms with van der Waals surface area (Å²) in [4.78, 5) is 6.18. The van der Waals surface area contributed by atoms with Crippen LogP contribution >= 0.6 is 0 Å². The van der Waals surface area contributed by atoms with Crippen molar-refractivity contribution in [2.75, 3.05) is 39.1 Å². The van der Waals surface area contributed by atoms with Gasteiger partial charge in [-0.3, -0.25) is 4.98 Å². The van der Waals surface area contributed by atoms with Crippen LogP contribution in [0, 0.1) is 0 Å². The van der Waals surface area contributed by atoms with Crippen LogP contribution in [0.25, 0.3) is 0 Å². The number of aromatic nitrogens is 1. The van der Waals surface area contributed by atoms with E-state index in [-0.39, 0.29) is 0 Å². The zero-order chi connectivity index (χ0) is 11.1. The standard InChI is InChI=1S/C11H19N3O/c1-4-13-10-7-11(9-12-8-10)15-6-5-14(2)3/h7-9,13H,4-6H2,1-3H3. The number of likely N-dealkylation sites (N-methyl/N-ethyl adjacent to an activating group) is 1. The lowest BCUT2D eigenvalue weighted by molar-refractivity contribution is 0.261. The third-order valence-electron chi connectivity index (χ3n) is 1.90. The molecule has 15 heavy (non-hydrogen) atoms.